The topological polar surface area (TPSA) is 59.2 Å². The van der Waals surface area contributed by atoms with Crippen LogP contribution >= 0.6 is 11.3 Å². The van der Waals surface area contributed by atoms with E-state index in [0.717, 1.165) is 21.7 Å². The van der Waals surface area contributed by atoms with Gasteiger partial charge in [0.2, 0.25) is 0 Å². The number of hydrogen-bond acceptors (Lipinski definition) is 5. The van der Waals surface area contributed by atoms with Gasteiger partial charge in [-0.2, -0.15) is 4.98 Å². The largest absolute Gasteiger partial charge is 0.423 e. The Kier molecular flexibility index (Phi) is 3.82. The van der Waals surface area contributed by atoms with Gasteiger partial charge in [0, 0.05) is 18.0 Å². The van der Waals surface area contributed by atoms with E-state index in [2.05, 4.69) is 9.97 Å². The monoisotopic (exact) mass is 349 g/mol. The molecule has 6 heteroatoms. The van der Waals surface area contributed by atoms with E-state index in [1.807, 2.05) is 55.5 Å². The number of nitrogens with zero attached hydrogens (tertiary/aromatic N) is 3. The molecule has 1 amide bonds. The van der Waals surface area contributed by atoms with Gasteiger partial charge in [-0.1, -0.05) is 36.4 Å². The molecular formula is C19H15N3O2S. The van der Waals surface area contributed by atoms with Crippen molar-refractivity contribution in [3.8, 4) is 10.6 Å². The van der Waals surface area contributed by atoms with E-state index in [4.69, 9.17) is 4.42 Å². The highest BCUT2D eigenvalue weighted by molar-refractivity contribution is 7.13. The van der Waals surface area contributed by atoms with Gasteiger partial charge in [0.15, 0.2) is 5.58 Å². The lowest BCUT2D eigenvalue weighted by Crippen LogP contribution is -2.26. The fourth-order valence-corrected chi connectivity index (χ4v) is 3.45. The molecule has 0 bridgehead atoms. The van der Waals surface area contributed by atoms with Gasteiger partial charge in [-0.15, -0.1) is 11.3 Å². The molecule has 0 fully saturated rings. The highest BCUT2D eigenvalue weighted by atomic mass is 32.1. The number of rotatable bonds is 3. The molecule has 0 aliphatic rings. The van der Waals surface area contributed by atoms with Crippen LogP contribution in [0, 0.1) is 6.92 Å². The summed E-state index contributed by atoms with van der Waals surface area (Å²) in [6.07, 6.45) is 0. The smallest absolute Gasteiger partial charge is 0.305 e. The first-order valence-electron chi connectivity index (χ1n) is 7.78. The van der Waals surface area contributed by atoms with Crippen LogP contribution in [-0.4, -0.2) is 22.9 Å². The van der Waals surface area contributed by atoms with Crippen LogP contribution in [0.15, 0.2) is 58.3 Å². The number of benzene rings is 2. The molecule has 0 spiro atoms. The Labute approximate surface area is 148 Å². The number of amides is 1. The van der Waals surface area contributed by atoms with Crippen LogP contribution in [0.3, 0.4) is 0 Å². The van der Waals surface area contributed by atoms with Gasteiger partial charge in [-0.05, 0) is 24.6 Å². The number of aryl methyl sites for hydroxylation is 1. The third-order valence-corrected chi connectivity index (χ3v) is 4.85. The normalized spacial score (nSPS) is 11.0. The third-order valence-electron chi connectivity index (χ3n) is 3.97. The zero-order chi connectivity index (χ0) is 17.4. The molecule has 0 unspecified atom stereocenters. The first kappa shape index (κ1) is 15.5. The summed E-state index contributed by atoms with van der Waals surface area (Å²) in [5.41, 5.74) is 3.92. The van der Waals surface area contributed by atoms with E-state index in [1.165, 1.54) is 16.2 Å². The Morgan fingerprint density at radius 2 is 1.84 bits per heavy atom. The van der Waals surface area contributed by atoms with Crippen molar-refractivity contribution in [3.63, 3.8) is 0 Å². The highest BCUT2D eigenvalue weighted by Gasteiger charge is 2.21. The summed E-state index contributed by atoms with van der Waals surface area (Å²) in [6, 6.07) is 15.7. The maximum Gasteiger partial charge on any atom is 0.305 e. The number of aromatic nitrogens is 2. The molecule has 2 aromatic carbocycles. The van der Waals surface area contributed by atoms with Crippen molar-refractivity contribution in [1.82, 2.24) is 9.97 Å². The van der Waals surface area contributed by atoms with Gasteiger partial charge >= 0.3 is 6.01 Å². The van der Waals surface area contributed by atoms with Crippen molar-refractivity contribution in [2.24, 2.45) is 0 Å². The quantitative estimate of drug-likeness (QED) is 0.545. The Hall–Kier alpha value is -2.99. The molecule has 25 heavy (non-hydrogen) atoms. The number of oxazole rings is 1. The molecule has 0 radical (unpaired) electrons. The predicted octanol–water partition coefficient (Wildman–Crippen LogP) is 4.54. The first-order valence-corrected chi connectivity index (χ1v) is 8.66. The van der Waals surface area contributed by atoms with Gasteiger partial charge in [-0.25, -0.2) is 4.98 Å². The predicted molar refractivity (Wildman–Crippen MR) is 99.0 cm³/mol. The van der Waals surface area contributed by atoms with Gasteiger partial charge in [-0.3, -0.25) is 9.69 Å². The lowest BCUT2D eigenvalue weighted by Gasteiger charge is -2.10. The molecule has 2 aromatic heterocycles. The summed E-state index contributed by atoms with van der Waals surface area (Å²) in [5.74, 6) is -0.248. The number of carbonyl (C=O) groups excluding carboxylic acids is 1. The Morgan fingerprint density at radius 1 is 1.08 bits per heavy atom. The van der Waals surface area contributed by atoms with Crippen LogP contribution in [0.1, 0.15) is 16.1 Å². The number of fused-ring (bicyclic) bond motifs is 1. The minimum Gasteiger partial charge on any atom is -0.423 e. The number of para-hydroxylation sites is 2. The zero-order valence-corrected chi connectivity index (χ0v) is 14.6. The lowest BCUT2D eigenvalue weighted by atomic mass is 10.1. The SMILES string of the molecule is Cc1ccccc1-c1nc(C(=O)N(C)c2nc3ccccc3o2)cs1. The number of carbonyl (C=O) groups is 1. The lowest BCUT2D eigenvalue weighted by molar-refractivity contribution is 0.0984. The molecule has 0 saturated heterocycles. The second-order valence-electron chi connectivity index (χ2n) is 5.68. The standard InChI is InChI=1S/C19H15N3O2S/c1-12-7-3-4-8-13(12)17-20-15(11-25-17)18(23)22(2)19-21-14-9-5-6-10-16(14)24-19/h3-11H,1-2H3. The maximum atomic E-state index is 12.7. The second kappa shape index (κ2) is 6.14. The summed E-state index contributed by atoms with van der Waals surface area (Å²) in [6.45, 7) is 2.03. The van der Waals surface area contributed by atoms with Gasteiger partial charge in [0.25, 0.3) is 5.91 Å². The molecule has 4 rings (SSSR count). The van der Waals surface area contributed by atoms with E-state index < -0.39 is 0 Å². The fourth-order valence-electron chi connectivity index (χ4n) is 2.57. The molecule has 0 saturated carbocycles. The average Bonchev–Trinajstić information content (AvgIpc) is 3.28. The molecule has 5 nitrogen and oxygen atoms in total. The second-order valence-corrected chi connectivity index (χ2v) is 6.54. The summed E-state index contributed by atoms with van der Waals surface area (Å²) >= 11 is 1.45. The van der Waals surface area contributed by atoms with Crippen molar-refractivity contribution in [2.45, 2.75) is 6.92 Å². The zero-order valence-electron chi connectivity index (χ0n) is 13.8. The highest BCUT2D eigenvalue weighted by Crippen LogP contribution is 2.28. The minimum absolute atomic E-state index is 0.248. The molecule has 124 valence electrons. The van der Waals surface area contributed by atoms with Crippen LogP contribution in [0.2, 0.25) is 0 Å². The fraction of sp³-hybridized carbons (Fsp3) is 0.105. The van der Waals surface area contributed by atoms with Crippen LogP contribution in [0.5, 0.6) is 0 Å². The summed E-state index contributed by atoms with van der Waals surface area (Å²) in [4.78, 5) is 23.0. The van der Waals surface area contributed by atoms with Crippen LogP contribution < -0.4 is 4.90 Å². The van der Waals surface area contributed by atoms with Crippen LogP contribution in [-0.2, 0) is 0 Å². The van der Waals surface area contributed by atoms with Crippen LogP contribution in [0.25, 0.3) is 21.7 Å². The van der Waals surface area contributed by atoms with E-state index in [9.17, 15) is 4.79 Å². The van der Waals surface area contributed by atoms with E-state index in [0.29, 0.717) is 11.3 Å². The molecule has 2 heterocycles. The Balaban J connectivity index is 1.63. The minimum atomic E-state index is -0.248. The van der Waals surface area contributed by atoms with Crippen molar-refractivity contribution < 1.29 is 9.21 Å². The number of anilines is 1. The van der Waals surface area contributed by atoms with Gasteiger partial charge < -0.3 is 4.42 Å². The van der Waals surface area contributed by atoms with Gasteiger partial charge in [0.1, 0.15) is 16.2 Å². The van der Waals surface area contributed by atoms with Crippen molar-refractivity contribution in [2.75, 3.05) is 11.9 Å². The first-order chi connectivity index (χ1) is 12.1. The number of thiazole rings is 1. The van der Waals surface area contributed by atoms with E-state index in [-0.39, 0.29) is 11.9 Å². The molecule has 0 atom stereocenters. The molecule has 0 aliphatic carbocycles. The Bertz CT molecular complexity index is 1030. The van der Waals surface area contributed by atoms with Crippen molar-refractivity contribution in [3.05, 3.63) is 65.2 Å². The summed E-state index contributed by atoms with van der Waals surface area (Å²) < 4.78 is 5.65. The van der Waals surface area contributed by atoms with E-state index in [1.54, 1.807) is 12.4 Å². The molecular weight excluding hydrogens is 334 g/mol. The summed E-state index contributed by atoms with van der Waals surface area (Å²) in [5, 5.41) is 2.59. The average molecular weight is 349 g/mol. The molecule has 0 N–H and O–H groups in total. The van der Waals surface area contributed by atoms with Crippen molar-refractivity contribution in [1.29, 1.82) is 0 Å². The third kappa shape index (κ3) is 2.81. The van der Waals surface area contributed by atoms with Crippen molar-refractivity contribution >= 4 is 34.4 Å². The van der Waals surface area contributed by atoms with E-state index >= 15 is 0 Å². The van der Waals surface area contributed by atoms with Gasteiger partial charge in [0.05, 0.1) is 0 Å². The van der Waals surface area contributed by atoms with Crippen LogP contribution in [0.4, 0.5) is 6.01 Å². The Morgan fingerprint density at radius 3 is 2.64 bits per heavy atom. The number of hydrogen-bond donors (Lipinski definition) is 0. The molecule has 4 aromatic rings. The maximum absolute atomic E-state index is 12.7. The molecule has 0 aliphatic heterocycles. The summed E-state index contributed by atoms with van der Waals surface area (Å²) in [7, 11) is 1.64.